The summed E-state index contributed by atoms with van der Waals surface area (Å²) in [6, 6.07) is -0.0524. The molecule has 0 aromatic heterocycles. The number of nitrogens with zero attached hydrogens (tertiary/aromatic N) is 2. The summed E-state index contributed by atoms with van der Waals surface area (Å²) in [5.41, 5.74) is 0. The van der Waals surface area contributed by atoms with E-state index in [1.807, 2.05) is 13.8 Å². The van der Waals surface area contributed by atoms with Crippen molar-refractivity contribution in [1.29, 1.82) is 0 Å². The molecule has 114 valence electrons. The van der Waals surface area contributed by atoms with Crippen LogP contribution in [0.1, 0.15) is 40.0 Å². The molecule has 1 saturated heterocycles. The van der Waals surface area contributed by atoms with Crippen LogP contribution in [0.5, 0.6) is 0 Å². The average Bonchev–Trinajstić information content (AvgIpc) is 2.43. The van der Waals surface area contributed by atoms with Crippen LogP contribution in [0.15, 0.2) is 0 Å². The first-order valence-electron chi connectivity index (χ1n) is 7.33. The smallest absolute Gasteiger partial charge is 0.312 e. The molecule has 0 aromatic carbocycles. The van der Waals surface area contributed by atoms with Gasteiger partial charge in [0.25, 0.3) is 0 Å². The molecule has 1 aliphatic rings. The van der Waals surface area contributed by atoms with Gasteiger partial charge in [-0.15, -0.1) is 0 Å². The fourth-order valence-electron chi connectivity index (χ4n) is 2.11. The van der Waals surface area contributed by atoms with Gasteiger partial charge in [0.1, 0.15) is 0 Å². The number of carbonyl (C=O) groups excluding carboxylic acids is 3. The quantitative estimate of drug-likeness (QED) is 0.758. The zero-order chi connectivity index (χ0) is 15.1. The summed E-state index contributed by atoms with van der Waals surface area (Å²) in [5, 5.41) is 2.59. The Kier molecular flexibility index (Phi) is 6.48. The van der Waals surface area contributed by atoms with E-state index in [1.54, 1.807) is 4.90 Å². The van der Waals surface area contributed by atoms with Crippen molar-refractivity contribution in [2.24, 2.45) is 0 Å². The monoisotopic (exact) mass is 283 g/mol. The summed E-state index contributed by atoms with van der Waals surface area (Å²) in [4.78, 5) is 38.7. The zero-order valence-electron chi connectivity index (χ0n) is 12.6. The maximum absolute atomic E-state index is 11.9. The molecule has 1 fully saturated rings. The lowest BCUT2D eigenvalue weighted by Gasteiger charge is -2.34. The molecule has 0 aromatic rings. The Morgan fingerprint density at radius 3 is 2.10 bits per heavy atom. The number of hydrogen-bond acceptors (Lipinski definition) is 3. The van der Waals surface area contributed by atoms with E-state index in [-0.39, 0.29) is 11.9 Å². The third kappa shape index (κ3) is 4.83. The minimum absolute atomic E-state index is 0.0524. The number of piperazine rings is 1. The molecule has 6 nitrogen and oxygen atoms in total. The highest BCUT2D eigenvalue weighted by Crippen LogP contribution is 2.06. The topological polar surface area (TPSA) is 69.7 Å². The van der Waals surface area contributed by atoms with Gasteiger partial charge >= 0.3 is 11.8 Å². The zero-order valence-corrected chi connectivity index (χ0v) is 12.6. The molecule has 0 atom stereocenters. The lowest BCUT2D eigenvalue weighted by atomic mass is 10.2. The van der Waals surface area contributed by atoms with Gasteiger partial charge in [-0.25, -0.2) is 0 Å². The SMILES string of the molecule is CCCCC(=O)N1CCN(C(=O)C(=O)NC(C)C)CC1. The Bertz CT molecular complexity index is 361. The molecule has 1 rings (SSSR count). The Labute approximate surface area is 120 Å². The van der Waals surface area contributed by atoms with E-state index in [2.05, 4.69) is 12.2 Å². The van der Waals surface area contributed by atoms with Crippen LogP contribution in [0.25, 0.3) is 0 Å². The Morgan fingerprint density at radius 2 is 1.60 bits per heavy atom. The van der Waals surface area contributed by atoms with Crippen LogP contribution in [-0.4, -0.2) is 59.7 Å². The first-order chi connectivity index (χ1) is 9.45. The van der Waals surface area contributed by atoms with E-state index in [0.29, 0.717) is 32.6 Å². The summed E-state index contributed by atoms with van der Waals surface area (Å²) in [7, 11) is 0. The third-order valence-electron chi connectivity index (χ3n) is 3.28. The Morgan fingerprint density at radius 1 is 1.05 bits per heavy atom. The molecular formula is C14H25N3O3. The van der Waals surface area contributed by atoms with Gasteiger partial charge in [0, 0.05) is 38.6 Å². The molecule has 3 amide bonds. The van der Waals surface area contributed by atoms with Crippen molar-refractivity contribution in [3.8, 4) is 0 Å². The lowest BCUT2D eigenvalue weighted by molar-refractivity contribution is -0.148. The normalized spacial score (nSPS) is 15.4. The Balaban J connectivity index is 2.40. The minimum Gasteiger partial charge on any atom is -0.346 e. The van der Waals surface area contributed by atoms with Crippen LogP contribution < -0.4 is 5.32 Å². The molecule has 0 unspecified atom stereocenters. The molecule has 6 heteroatoms. The number of carbonyl (C=O) groups is 3. The number of amides is 3. The van der Waals surface area contributed by atoms with Crippen LogP contribution in [0.2, 0.25) is 0 Å². The van der Waals surface area contributed by atoms with Gasteiger partial charge in [0.05, 0.1) is 0 Å². The summed E-state index contributed by atoms with van der Waals surface area (Å²) in [6.07, 6.45) is 2.46. The van der Waals surface area contributed by atoms with Crippen molar-refractivity contribution in [3.05, 3.63) is 0 Å². The first-order valence-corrected chi connectivity index (χ1v) is 7.33. The van der Waals surface area contributed by atoms with Crippen LogP contribution in [0.4, 0.5) is 0 Å². The van der Waals surface area contributed by atoms with Gasteiger partial charge in [0.15, 0.2) is 0 Å². The fourth-order valence-corrected chi connectivity index (χ4v) is 2.11. The van der Waals surface area contributed by atoms with Gasteiger partial charge in [0.2, 0.25) is 5.91 Å². The summed E-state index contributed by atoms with van der Waals surface area (Å²) < 4.78 is 0. The van der Waals surface area contributed by atoms with Crippen LogP contribution in [0, 0.1) is 0 Å². The predicted octanol–water partition coefficient (Wildman–Crippen LogP) is 0.372. The molecule has 1 aliphatic heterocycles. The van der Waals surface area contributed by atoms with Crippen LogP contribution >= 0.6 is 0 Å². The van der Waals surface area contributed by atoms with E-state index in [0.717, 1.165) is 12.8 Å². The van der Waals surface area contributed by atoms with E-state index < -0.39 is 11.8 Å². The predicted molar refractivity (Wildman–Crippen MR) is 76.0 cm³/mol. The summed E-state index contributed by atoms with van der Waals surface area (Å²) >= 11 is 0. The molecular weight excluding hydrogens is 258 g/mol. The molecule has 1 N–H and O–H groups in total. The summed E-state index contributed by atoms with van der Waals surface area (Å²) in [6.45, 7) is 7.58. The van der Waals surface area contributed by atoms with Crippen molar-refractivity contribution in [1.82, 2.24) is 15.1 Å². The number of rotatable bonds is 4. The van der Waals surface area contributed by atoms with Gasteiger partial charge in [-0.1, -0.05) is 13.3 Å². The van der Waals surface area contributed by atoms with E-state index >= 15 is 0 Å². The molecule has 0 spiro atoms. The van der Waals surface area contributed by atoms with Crippen molar-refractivity contribution in [2.45, 2.75) is 46.1 Å². The summed E-state index contributed by atoms with van der Waals surface area (Å²) in [5.74, 6) is -0.921. The fraction of sp³-hybridized carbons (Fsp3) is 0.786. The molecule has 0 radical (unpaired) electrons. The second-order valence-corrected chi connectivity index (χ2v) is 5.40. The van der Waals surface area contributed by atoms with Gasteiger partial charge in [-0.2, -0.15) is 0 Å². The minimum atomic E-state index is -0.564. The highest BCUT2D eigenvalue weighted by molar-refractivity contribution is 6.35. The van der Waals surface area contributed by atoms with Crippen LogP contribution in [0.3, 0.4) is 0 Å². The second kappa shape index (κ2) is 7.87. The van der Waals surface area contributed by atoms with Crippen molar-refractivity contribution in [2.75, 3.05) is 26.2 Å². The number of nitrogens with one attached hydrogen (secondary N) is 1. The van der Waals surface area contributed by atoms with Gasteiger partial charge in [-0.3, -0.25) is 14.4 Å². The number of hydrogen-bond donors (Lipinski definition) is 1. The van der Waals surface area contributed by atoms with Gasteiger partial charge in [-0.05, 0) is 20.3 Å². The largest absolute Gasteiger partial charge is 0.346 e. The highest BCUT2D eigenvalue weighted by Gasteiger charge is 2.27. The molecule has 0 saturated carbocycles. The maximum atomic E-state index is 11.9. The first kappa shape index (κ1) is 16.5. The molecule has 20 heavy (non-hydrogen) atoms. The van der Waals surface area contributed by atoms with Gasteiger partial charge < -0.3 is 15.1 Å². The Hall–Kier alpha value is -1.59. The second-order valence-electron chi connectivity index (χ2n) is 5.40. The molecule has 1 heterocycles. The van der Waals surface area contributed by atoms with Crippen molar-refractivity contribution in [3.63, 3.8) is 0 Å². The molecule has 0 aliphatic carbocycles. The molecule has 0 bridgehead atoms. The van der Waals surface area contributed by atoms with Crippen LogP contribution in [-0.2, 0) is 14.4 Å². The van der Waals surface area contributed by atoms with E-state index in [4.69, 9.17) is 0 Å². The third-order valence-corrected chi connectivity index (χ3v) is 3.28. The standard InChI is InChI=1S/C14H25N3O3/c1-4-5-6-12(18)16-7-9-17(10-8-16)14(20)13(19)15-11(2)3/h11H,4-10H2,1-3H3,(H,15,19). The lowest BCUT2D eigenvalue weighted by Crippen LogP contribution is -2.54. The van der Waals surface area contributed by atoms with E-state index in [1.165, 1.54) is 4.90 Å². The van der Waals surface area contributed by atoms with Crippen molar-refractivity contribution >= 4 is 17.7 Å². The van der Waals surface area contributed by atoms with Crippen molar-refractivity contribution < 1.29 is 14.4 Å². The number of unbranched alkanes of at least 4 members (excludes halogenated alkanes) is 1. The maximum Gasteiger partial charge on any atom is 0.312 e. The highest BCUT2D eigenvalue weighted by atomic mass is 16.2. The average molecular weight is 283 g/mol. The van der Waals surface area contributed by atoms with E-state index in [9.17, 15) is 14.4 Å².